The number of imidazole rings is 1. The first-order valence-electron chi connectivity index (χ1n) is 5.33. The van der Waals surface area contributed by atoms with Gasteiger partial charge >= 0.3 is 0 Å². The Bertz CT molecular complexity index is 545. The van der Waals surface area contributed by atoms with Crippen molar-refractivity contribution in [2.75, 3.05) is 0 Å². The van der Waals surface area contributed by atoms with E-state index in [2.05, 4.69) is 15.6 Å². The molecule has 1 aromatic heterocycles. The molecule has 3 nitrogen and oxygen atoms in total. The number of hydrogen-bond acceptors (Lipinski definition) is 2. The highest BCUT2D eigenvalue weighted by Gasteiger charge is 2.18. The lowest BCUT2D eigenvalue weighted by Crippen LogP contribution is -2.15. The third-order valence-electron chi connectivity index (χ3n) is 3.07. The molecule has 0 bridgehead atoms. The van der Waals surface area contributed by atoms with Gasteiger partial charge in [-0.3, -0.25) is 0 Å². The number of aryl methyl sites for hydroxylation is 1. The van der Waals surface area contributed by atoms with Crippen molar-refractivity contribution in [2.45, 2.75) is 19.5 Å². The molecule has 0 saturated heterocycles. The summed E-state index contributed by atoms with van der Waals surface area (Å²) in [5, 5.41) is 0.797. The predicted octanol–water partition coefficient (Wildman–Crippen LogP) is 2.22. The van der Waals surface area contributed by atoms with Crippen LogP contribution in [-0.2, 0) is 19.5 Å². The minimum atomic E-state index is 0.489. The highest BCUT2D eigenvalue weighted by molar-refractivity contribution is 6.30. The maximum Gasteiger partial charge on any atom is 0.122 e. The number of hydrogen-bond donors (Lipinski definition) is 1. The Labute approximate surface area is 98.9 Å². The van der Waals surface area contributed by atoms with Gasteiger partial charge in [0.05, 0.1) is 18.4 Å². The van der Waals surface area contributed by atoms with Crippen molar-refractivity contribution in [1.82, 2.24) is 9.55 Å². The molecule has 2 aromatic rings. The molecule has 0 spiro atoms. The summed E-state index contributed by atoms with van der Waals surface area (Å²) in [7, 11) is 0. The number of nitrogens with two attached hydrogens (primary N) is 1. The van der Waals surface area contributed by atoms with E-state index in [9.17, 15) is 0 Å². The zero-order valence-corrected chi connectivity index (χ0v) is 9.54. The van der Waals surface area contributed by atoms with Gasteiger partial charge in [-0.1, -0.05) is 17.7 Å². The summed E-state index contributed by atoms with van der Waals surface area (Å²) in [6.45, 7) is 1.43. The standard InChI is InChI=1S/C12H12ClN3/c13-9-1-2-10-8(5-9)3-4-16-11(10)7-15-12(16)6-14/h1-2,5,7H,3-4,6,14H2. The lowest BCUT2D eigenvalue weighted by atomic mass is 9.99. The maximum atomic E-state index is 5.99. The minimum absolute atomic E-state index is 0.489. The van der Waals surface area contributed by atoms with Crippen LogP contribution in [0.1, 0.15) is 11.4 Å². The van der Waals surface area contributed by atoms with Crippen molar-refractivity contribution >= 4 is 11.6 Å². The monoisotopic (exact) mass is 233 g/mol. The molecule has 0 saturated carbocycles. The largest absolute Gasteiger partial charge is 0.327 e. The number of nitrogens with zero attached hydrogens (tertiary/aromatic N) is 2. The van der Waals surface area contributed by atoms with Gasteiger partial charge in [0.2, 0.25) is 0 Å². The molecular formula is C12H12ClN3. The van der Waals surface area contributed by atoms with Crippen LogP contribution in [-0.4, -0.2) is 9.55 Å². The summed E-state index contributed by atoms with van der Waals surface area (Å²) in [4.78, 5) is 4.34. The fourth-order valence-corrected chi connectivity index (χ4v) is 2.49. The van der Waals surface area contributed by atoms with E-state index < -0.39 is 0 Å². The van der Waals surface area contributed by atoms with Gasteiger partial charge in [-0.2, -0.15) is 0 Å². The highest BCUT2D eigenvalue weighted by atomic mass is 35.5. The van der Waals surface area contributed by atoms with E-state index >= 15 is 0 Å². The topological polar surface area (TPSA) is 43.8 Å². The summed E-state index contributed by atoms with van der Waals surface area (Å²) in [6, 6.07) is 6.02. The molecule has 0 aliphatic carbocycles. The van der Waals surface area contributed by atoms with Crippen LogP contribution in [0.5, 0.6) is 0 Å². The first kappa shape index (κ1) is 9.87. The third kappa shape index (κ3) is 1.36. The molecule has 2 heterocycles. The van der Waals surface area contributed by atoms with Crippen LogP contribution >= 0.6 is 11.6 Å². The molecule has 3 rings (SSSR count). The van der Waals surface area contributed by atoms with Crippen molar-refractivity contribution in [3.05, 3.63) is 40.8 Å². The van der Waals surface area contributed by atoms with Crippen molar-refractivity contribution in [3.63, 3.8) is 0 Å². The van der Waals surface area contributed by atoms with E-state index in [0.29, 0.717) is 6.54 Å². The Hall–Kier alpha value is -1.32. The zero-order valence-electron chi connectivity index (χ0n) is 8.78. The van der Waals surface area contributed by atoms with E-state index in [1.165, 1.54) is 11.1 Å². The third-order valence-corrected chi connectivity index (χ3v) is 3.30. The molecule has 0 fully saturated rings. The van der Waals surface area contributed by atoms with Gasteiger partial charge < -0.3 is 10.3 Å². The Morgan fingerprint density at radius 1 is 1.44 bits per heavy atom. The second-order valence-electron chi connectivity index (χ2n) is 3.97. The number of benzene rings is 1. The number of aromatic nitrogens is 2. The van der Waals surface area contributed by atoms with Gasteiger partial charge in [-0.05, 0) is 24.1 Å². The van der Waals surface area contributed by atoms with E-state index in [-0.39, 0.29) is 0 Å². The average Bonchev–Trinajstić information content (AvgIpc) is 2.71. The van der Waals surface area contributed by atoms with Gasteiger partial charge in [-0.25, -0.2) is 4.98 Å². The second kappa shape index (κ2) is 3.61. The fourth-order valence-electron chi connectivity index (χ4n) is 2.29. The van der Waals surface area contributed by atoms with Crippen LogP contribution < -0.4 is 5.73 Å². The Morgan fingerprint density at radius 2 is 2.31 bits per heavy atom. The summed E-state index contributed by atoms with van der Waals surface area (Å²) < 4.78 is 2.19. The second-order valence-corrected chi connectivity index (χ2v) is 4.40. The first-order chi connectivity index (χ1) is 7.79. The molecule has 0 radical (unpaired) electrons. The van der Waals surface area contributed by atoms with Crippen molar-refractivity contribution < 1.29 is 0 Å². The molecule has 2 N–H and O–H groups in total. The van der Waals surface area contributed by atoms with Crippen LogP contribution in [0.2, 0.25) is 5.02 Å². The van der Waals surface area contributed by atoms with E-state index in [4.69, 9.17) is 17.3 Å². The average molecular weight is 234 g/mol. The molecule has 16 heavy (non-hydrogen) atoms. The van der Waals surface area contributed by atoms with Crippen LogP contribution in [0.3, 0.4) is 0 Å². The van der Waals surface area contributed by atoms with E-state index in [1.54, 1.807) is 0 Å². The van der Waals surface area contributed by atoms with Gasteiger partial charge in [-0.15, -0.1) is 0 Å². The van der Waals surface area contributed by atoms with Crippen molar-refractivity contribution in [3.8, 4) is 11.3 Å². The molecule has 1 aromatic carbocycles. The van der Waals surface area contributed by atoms with Gasteiger partial charge in [0.1, 0.15) is 5.82 Å². The number of fused-ring (bicyclic) bond motifs is 3. The van der Waals surface area contributed by atoms with E-state index in [0.717, 1.165) is 29.5 Å². The molecule has 1 aliphatic heterocycles. The van der Waals surface area contributed by atoms with Crippen LogP contribution in [0.25, 0.3) is 11.3 Å². The highest BCUT2D eigenvalue weighted by Crippen LogP contribution is 2.31. The van der Waals surface area contributed by atoms with Gasteiger partial charge in [0, 0.05) is 17.1 Å². The van der Waals surface area contributed by atoms with Crippen LogP contribution in [0.15, 0.2) is 24.4 Å². The first-order valence-corrected chi connectivity index (χ1v) is 5.70. The van der Waals surface area contributed by atoms with E-state index in [1.807, 2.05) is 18.3 Å². The molecule has 4 heteroatoms. The lowest BCUT2D eigenvalue weighted by molar-refractivity contribution is 0.643. The molecule has 82 valence electrons. The smallest absolute Gasteiger partial charge is 0.122 e. The molecule has 0 atom stereocenters. The number of rotatable bonds is 1. The summed E-state index contributed by atoms with van der Waals surface area (Å²) in [6.07, 6.45) is 2.89. The van der Waals surface area contributed by atoms with Crippen molar-refractivity contribution in [1.29, 1.82) is 0 Å². The molecular weight excluding hydrogens is 222 g/mol. The van der Waals surface area contributed by atoms with Gasteiger partial charge in [0.15, 0.2) is 0 Å². The Morgan fingerprint density at radius 3 is 3.12 bits per heavy atom. The quantitative estimate of drug-likeness (QED) is 0.821. The van der Waals surface area contributed by atoms with Crippen LogP contribution in [0.4, 0.5) is 0 Å². The Balaban J connectivity index is 2.20. The molecule has 0 unspecified atom stereocenters. The summed E-state index contributed by atoms with van der Waals surface area (Å²) in [5.74, 6) is 0.954. The zero-order chi connectivity index (χ0) is 11.1. The lowest BCUT2D eigenvalue weighted by Gasteiger charge is -2.20. The van der Waals surface area contributed by atoms with Crippen molar-refractivity contribution in [2.24, 2.45) is 5.73 Å². The SMILES string of the molecule is NCc1ncc2n1CCc1cc(Cl)ccc1-2. The summed E-state index contributed by atoms with van der Waals surface area (Å²) >= 11 is 5.99. The predicted molar refractivity (Wildman–Crippen MR) is 64.3 cm³/mol. The van der Waals surface area contributed by atoms with Gasteiger partial charge in [0.25, 0.3) is 0 Å². The minimum Gasteiger partial charge on any atom is -0.327 e. The summed E-state index contributed by atoms with van der Waals surface area (Å²) in [5.41, 5.74) is 9.33. The Kier molecular flexibility index (Phi) is 2.23. The molecule has 0 amide bonds. The maximum absolute atomic E-state index is 5.99. The number of halogens is 1. The molecule has 1 aliphatic rings. The van der Waals surface area contributed by atoms with Crippen LogP contribution in [0, 0.1) is 0 Å². The fraction of sp³-hybridized carbons (Fsp3) is 0.250. The normalized spacial score (nSPS) is 13.4.